The van der Waals surface area contributed by atoms with E-state index in [1.807, 2.05) is 0 Å². The normalized spacial score (nSPS) is 11.9. The predicted molar refractivity (Wildman–Crippen MR) is 281 cm³/mol. The summed E-state index contributed by atoms with van der Waals surface area (Å²) >= 11 is 0. The molecule has 12 aromatic carbocycles. The molecule has 306 valence electrons. The zero-order valence-electron chi connectivity index (χ0n) is 36.0. The van der Waals surface area contributed by atoms with Crippen molar-refractivity contribution in [2.45, 2.75) is 0 Å². The van der Waals surface area contributed by atoms with Crippen molar-refractivity contribution in [2.24, 2.45) is 0 Å². The van der Waals surface area contributed by atoms with E-state index in [2.05, 4.69) is 252 Å². The van der Waals surface area contributed by atoms with Crippen molar-refractivity contribution < 1.29 is 0 Å². The maximum Gasteiger partial charge on any atom is 0.0625 e. The van der Waals surface area contributed by atoms with Crippen LogP contribution in [0.5, 0.6) is 0 Å². The molecule has 0 saturated heterocycles. The third kappa shape index (κ3) is 5.36. The summed E-state index contributed by atoms with van der Waals surface area (Å²) < 4.78 is 4.92. The van der Waals surface area contributed by atoms with Gasteiger partial charge in [0, 0.05) is 38.3 Å². The fourth-order valence-electron chi connectivity index (χ4n) is 11.3. The van der Waals surface area contributed by atoms with E-state index in [1.54, 1.807) is 0 Å². The Morgan fingerprint density at radius 2 is 0.652 bits per heavy atom. The molecular weight excluding hydrogens is 797 g/mol. The summed E-state index contributed by atoms with van der Waals surface area (Å²) in [5, 5.41) is 15.1. The third-order valence-corrected chi connectivity index (χ3v) is 14.1. The topological polar surface area (TPSA) is 9.86 Å². The van der Waals surface area contributed by atoms with Crippen molar-refractivity contribution in [3.8, 4) is 44.8 Å². The van der Waals surface area contributed by atoms with Crippen molar-refractivity contribution >= 4 is 86.7 Å². The molecule has 0 aliphatic heterocycles. The monoisotopic (exact) mass is 836 g/mol. The van der Waals surface area contributed by atoms with E-state index >= 15 is 0 Å². The molecule has 14 rings (SSSR count). The summed E-state index contributed by atoms with van der Waals surface area (Å²) in [5.74, 6) is 0. The zero-order chi connectivity index (χ0) is 43.3. The Morgan fingerprint density at radius 3 is 1.30 bits per heavy atom. The minimum absolute atomic E-state index is 1.13. The van der Waals surface area contributed by atoms with Crippen LogP contribution in [0.1, 0.15) is 0 Å². The summed E-state index contributed by atoms with van der Waals surface area (Å²) in [7, 11) is 0. The lowest BCUT2D eigenvalue weighted by Crippen LogP contribution is -1.96. The molecule has 66 heavy (non-hydrogen) atoms. The summed E-state index contributed by atoms with van der Waals surface area (Å²) in [6, 6.07) is 89.5. The van der Waals surface area contributed by atoms with Crippen molar-refractivity contribution in [3.05, 3.63) is 243 Å². The van der Waals surface area contributed by atoms with Gasteiger partial charge in [0.25, 0.3) is 0 Å². The van der Waals surface area contributed by atoms with Gasteiger partial charge in [0.2, 0.25) is 0 Å². The van der Waals surface area contributed by atoms with Gasteiger partial charge in [-0.15, -0.1) is 0 Å². The Labute approximate surface area is 381 Å². The number of hydrogen-bond donors (Lipinski definition) is 0. The van der Waals surface area contributed by atoms with E-state index < -0.39 is 0 Å². The number of para-hydroxylation sites is 2. The largest absolute Gasteiger partial charge is 0.309 e. The molecule has 0 radical (unpaired) electrons. The minimum Gasteiger partial charge on any atom is -0.309 e. The summed E-state index contributed by atoms with van der Waals surface area (Å²) in [6.07, 6.45) is 0. The highest BCUT2D eigenvalue weighted by Crippen LogP contribution is 2.46. The average Bonchev–Trinajstić information content (AvgIpc) is 3.91. The lowest BCUT2D eigenvalue weighted by Gasteiger charge is -2.18. The van der Waals surface area contributed by atoms with Crippen LogP contribution in [0.15, 0.2) is 243 Å². The average molecular weight is 837 g/mol. The minimum atomic E-state index is 1.13. The van der Waals surface area contributed by atoms with Crippen LogP contribution in [0.2, 0.25) is 0 Å². The van der Waals surface area contributed by atoms with E-state index in [9.17, 15) is 0 Å². The second-order valence-corrected chi connectivity index (χ2v) is 17.6. The van der Waals surface area contributed by atoms with Crippen LogP contribution in [-0.2, 0) is 0 Å². The smallest absolute Gasteiger partial charge is 0.0625 e. The number of benzene rings is 12. The highest BCUT2D eigenvalue weighted by molar-refractivity contribution is 6.32. The van der Waals surface area contributed by atoms with Gasteiger partial charge in [0.1, 0.15) is 0 Å². The Hall–Kier alpha value is -8.72. The lowest BCUT2D eigenvalue weighted by atomic mass is 9.86. The lowest BCUT2D eigenvalue weighted by molar-refractivity contribution is 1.18. The van der Waals surface area contributed by atoms with Crippen LogP contribution in [-0.4, -0.2) is 9.13 Å². The molecule has 2 heterocycles. The first-order valence-corrected chi connectivity index (χ1v) is 22.8. The molecule has 0 saturated carbocycles. The van der Waals surface area contributed by atoms with Gasteiger partial charge in [-0.25, -0.2) is 0 Å². The number of aromatic nitrogens is 2. The molecule has 0 spiro atoms. The van der Waals surface area contributed by atoms with E-state index in [0.29, 0.717) is 0 Å². The van der Waals surface area contributed by atoms with Gasteiger partial charge in [-0.3, -0.25) is 0 Å². The fourth-order valence-corrected chi connectivity index (χ4v) is 11.3. The molecule has 2 heteroatoms. The molecule has 0 bridgehead atoms. The van der Waals surface area contributed by atoms with Crippen LogP contribution in [0.4, 0.5) is 0 Å². The van der Waals surface area contributed by atoms with Gasteiger partial charge in [-0.1, -0.05) is 194 Å². The van der Waals surface area contributed by atoms with Gasteiger partial charge in [-0.2, -0.15) is 0 Å². The molecular formula is C64H40N2. The first-order chi connectivity index (χ1) is 32.8. The third-order valence-electron chi connectivity index (χ3n) is 14.1. The molecule has 0 fully saturated rings. The maximum atomic E-state index is 2.53. The van der Waals surface area contributed by atoms with E-state index in [0.717, 1.165) is 5.69 Å². The standard InChI is InChI=1S/C64H40N2/c1-3-17-41(18-4-1)61-51-25-10-12-27-53(51)62(54-28-13-11-26-52(54)61)42-31-35-46(36-32-42)66-60-40-44(33-37-56(60)63-50-24-9-7-21-47(50)48-22-8-14-29-55(48)64(63)66)43-34-38-59-57(39-43)49-23-15-16-30-58(49)65(59)45-19-5-2-6-20-45/h1-40H. The second-order valence-electron chi connectivity index (χ2n) is 17.6. The van der Waals surface area contributed by atoms with E-state index in [4.69, 9.17) is 0 Å². The Morgan fingerprint density at radius 1 is 0.212 bits per heavy atom. The zero-order valence-corrected chi connectivity index (χ0v) is 36.0. The SMILES string of the molecule is c1ccc(-c2c3ccccc3c(-c3ccc(-n4c5cc(-c6ccc7c(c6)c6ccccc6n7-c6ccccc6)ccc5c5c6ccccc6c6ccccc6c54)cc3)c3ccccc23)cc1. The summed E-state index contributed by atoms with van der Waals surface area (Å²) in [4.78, 5) is 0. The van der Waals surface area contributed by atoms with Crippen molar-refractivity contribution in [1.82, 2.24) is 9.13 Å². The molecule has 0 aliphatic rings. The number of nitrogens with zero attached hydrogens (tertiary/aromatic N) is 2. The van der Waals surface area contributed by atoms with Gasteiger partial charge in [0.05, 0.1) is 22.1 Å². The predicted octanol–water partition coefficient (Wildman–Crippen LogP) is 17.5. The highest BCUT2D eigenvalue weighted by atomic mass is 15.0. The molecule has 2 aromatic heterocycles. The Kier molecular flexibility index (Phi) is 8.02. The molecule has 0 amide bonds. The highest BCUT2D eigenvalue weighted by Gasteiger charge is 2.22. The van der Waals surface area contributed by atoms with Gasteiger partial charge < -0.3 is 9.13 Å². The first kappa shape index (κ1) is 36.7. The van der Waals surface area contributed by atoms with Crippen LogP contribution < -0.4 is 0 Å². The molecule has 2 nitrogen and oxygen atoms in total. The van der Waals surface area contributed by atoms with Crippen LogP contribution in [0.25, 0.3) is 131 Å². The Bertz CT molecular complexity index is 4190. The van der Waals surface area contributed by atoms with Crippen molar-refractivity contribution in [2.75, 3.05) is 0 Å². The second kappa shape index (κ2) is 14.4. The van der Waals surface area contributed by atoms with E-state index in [-0.39, 0.29) is 0 Å². The van der Waals surface area contributed by atoms with Gasteiger partial charge >= 0.3 is 0 Å². The molecule has 0 N–H and O–H groups in total. The van der Waals surface area contributed by atoms with E-state index in [1.165, 1.54) is 126 Å². The molecule has 14 aromatic rings. The number of fused-ring (bicyclic) bond motifs is 13. The van der Waals surface area contributed by atoms with Crippen molar-refractivity contribution in [1.29, 1.82) is 0 Å². The Balaban J connectivity index is 1.01. The van der Waals surface area contributed by atoms with Gasteiger partial charge in [-0.05, 0) is 120 Å². The van der Waals surface area contributed by atoms with Crippen molar-refractivity contribution in [3.63, 3.8) is 0 Å². The van der Waals surface area contributed by atoms with Crippen LogP contribution in [0.3, 0.4) is 0 Å². The van der Waals surface area contributed by atoms with Gasteiger partial charge in [0.15, 0.2) is 0 Å². The number of hydrogen-bond acceptors (Lipinski definition) is 0. The quantitative estimate of drug-likeness (QED) is 0.121. The molecule has 0 atom stereocenters. The maximum absolute atomic E-state index is 2.53. The fraction of sp³-hybridized carbons (Fsp3) is 0. The summed E-state index contributed by atoms with van der Waals surface area (Å²) in [6.45, 7) is 0. The van der Waals surface area contributed by atoms with Crippen LogP contribution >= 0.6 is 0 Å². The molecule has 0 aliphatic carbocycles. The molecule has 0 unspecified atom stereocenters. The summed E-state index contributed by atoms with van der Waals surface area (Å²) in [5.41, 5.74) is 14.5. The van der Waals surface area contributed by atoms with Crippen LogP contribution in [0, 0.1) is 0 Å². The first-order valence-electron chi connectivity index (χ1n) is 22.8. The number of rotatable bonds is 5.